The molecule has 0 atom stereocenters. The van der Waals surface area contributed by atoms with Crippen molar-refractivity contribution in [3.63, 3.8) is 0 Å². The fourth-order valence-corrected chi connectivity index (χ4v) is 1.86. The van der Waals surface area contributed by atoms with Crippen LogP contribution in [-0.2, 0) is 0 Å². The number of nitrogens with zero attached hydrogens (tertiary/aromatic N) is 2. The third kappa shape index (κ3) is 1.99. The predicted octanol–water partition coefficient (Wildman–Crippen LogP) is 2.30. The summed E-state index contributed by atoms with van der Waals surface area (Å²) in [5, 5.41) is 0. The van der Waals surface area contributed by atoms with Gasteiger partial charge in [-0.15, -0.1) is 0 Å². The fourth-order valence-electron chi connectivity index (χ4n) is 1.38. The van der Waals surface area contributed by atoms with E-state index in [0.717, 1.165) is 5.69 Å². The largest absolute Gasteiger partial charge is 0.328 e. The van der Waals surface area contributed by atoms with Gasteiger partial charge in [-0.2, -0.15) is 0 Å². The number of anilines is 2. The SMILES string of the molecule is CN(c1ccccc1)c1nc[nH]c(=O)c1Br. The summed E-state index contributed by atoms with van der Waals surface area (Å²) in [6.07, 6.45) is 1.39. The number of hydrogen-bond acceptors (Lipinski definition) is 3. The van der Waals surface area contributed by atoms with Crippen LogP contribution >= 0.6 is 15.9 Å². The molecule has 5 heteroatoms. The minimum atomic E-state index is -0.187. The minimum absolute atomic E-state index is 0.187. The molecular formula is C11H10BrN3O. The van der Waals surface area contributed by atoms with E-state index in [2.05, 4.69) is 25.9 Å². The molecule has 82 valence electrons. The zero-order valence-corrected chi connectivity index (χ0v) is 10.2. The average Bonchev–Trinajstić information content (AvgIpc) is 2.33. The number of rotatable bonds is 2. The Morgan fingerprint density at radius 2 is 2.00 bits per heavy atom. The average molecular weight is 280 g/mol. The highest BCUT2D eigenvalue weighted by Crippen LogP contribution is 2.25. The van der Waals surface area contributed by atoms with Crippen molar-refractivity contribution in [2.45, 2.75) is 0 Å². The Kier molecular flexibility index (Phi) is 3.05. The first kappa shape index (κ1) is 10.9. The van der Waals surface area contributed by atoms with E-state index in [9.17, 15) is 4.79 Å². The lowest BCUT2D eigenvalue weighted by Crippen LogP contribution is -2.17. The normalized spacial score (nSPS) is 10.1. The summed E-state index contributed by atoms with van der Waals surface area (Å²) >= 11 is 3.23. The standard InChI is InChI=1S/C11H10BrN3O/c1-15(8-5-3-2-4-6-8)10-9(12)11(16)14-7-13-10/h2-7H,1H3,(H,13,14,16). The molecule has 0 radical (unpaired) electrons. The van der Waals surface area contributed by atoms with E-state index >= 15 is 0 Å². The summed E-state index contributed by atoms with van der Waals surface area (Å²) in [4.78, 5) is 19.9. The van der Waals surface area contributed by atoms with E-state index in [1.807, 2.05) is 42.3 Å². The number of para-hydroxylation sites is 1. The molecule has 1 heterocycles. The van der Waals surface area contributed by atoms with Crippen LogP contribution in [0, 0.1) is 0 Å². The van der Waals surface area contributed by atoms with Crippen molar-refractivity contribution in [3.8, 4) is 0 Å². The van der Waals surface area contributed by atoms with Gasteiger partial charge in [-0.3, -0.25) is 4.79 Å². The van der Waals surface area contributed by atoms with Crippen molar-refractivity contribution in [1.82, 2.24) is 9.97 Å². The van der Waals surface area contributed by atoms with Crippen LogP contribution in [0.4, 0.5) is 11.5 Å². The maximum atomic E-state index is 11.4. The second-order valence-electron chi connectivity index (χ2n) is 3.26. The molecule has 0 spiro atoms. The van der Waals surface area contributed by atoms with E-state index in [4.69, 9.17) is 0 Å². The molecule has 2 rings (SSSR count). The molecule has 0 unspecified atom stereocenters. The fraction of sp³-hybridized carbons (Fsp3) is 0.0909. The number of nitrogens with one attached hydrogen (secondary N) is 1. The van der Waals surface area contributed by atoms with Crippen LogP contribution in [0.2, 0.25) is 0 Å². The predicted molar refractivity (Wildman–Crippen MR) is 67.1 cm³/mol. The molecule has 0 aliphatic carbocycles. The van der Waals surface area contributed by atoms with Gasteiger partial charge in [0.25, 0.3) is 5.56 Å². The second-order valence-corrected chi connectivity index (χ2v) is 4.06. The van der Waals surface area contributed by atoms with E-state index in [1.54, 1.807) is 0 Å². The van der Waals surface area contributed by atoms with Gasteiger partial charge in [-0.05, 0) is 28.1 Å². The lowest BCUT2D eigenvalue weighted by Gasteiger charge is -2.18. The van der Waals surface area contributed by atoms with E-state index < -0.39 is 0 Å². The van der Waals surface area contributed by atoms with Gasteiger partial charge in [0.15, 0.2) is 5.82 Å². The van der Waals surface area contributed by atoms with Gasteiger partial charge in [0.05, 0.1) is 6.33 Å². The van der Waals surface area contributed by atoms with Crippen LogP contribution in [0.3, 0.4) is 0 Å². The Balaban J connectivity index is 2.46. The highest BCUT2D eigenvalue weighted by atomic mass is 79.9. The summed E-state index contributed by atoms with van der Waals surface area (Å²) in [5.41, 5.74) is 0.786. The second kappa shape index (κ2) is 4.49. The van der Waals surface area contributed by atoms with Crippen LogP contribution in [0.25, 0.3) is 0 Å². The Morgan fingerprint density at radius 3 is 2.69 bits per heavy atom. The van der Waals surface area contributed by atoms with Crippen molar-refractivity contribution in [2.24, 2.45) is 0 Å². The van der Waals surface area contributed by atoms with E-state index in [-0.39, 0.29) is 5.56 Å². The molecule has 0 saturated carbocycles. The van der Waals surface area contributed by atoms with Crippen LogP contribution in [0.1, 0.15) is 0 Å². The van der Waals surface area contributed by atoms with E-state index in [0.29, 0.717) is 10.3 Å². The lowest BCUT2D eigenvalue weighted by atomic mass is 10.3. The Hall–Kier alpha value is -1.62. The van der Waals surface area contributed by atoms with Crippen molar-refractivity contribution >= 4 is 27.4 Å². The number of aromatic amines is 1. The first-order valence-electron chi connectivity index (χ1n) is 4.72. The van der Waals surface area contributed by atoms with Gasteiger partial charge in [-0.1, -0.05) is 18.2 Å². The molecular weight excluding hydrogens is 270 g/mol. The first-order valence-corrected chi connectivity index (χ1v) is 5.51. The van der Waals surface area contributed by atoms with Gasteiger partial charge in [-0.25, -0.2) is 4.98 Å². The molecule has 4 nitrogen and oxygen atoms in total. The smallest absolute Gasteiger partial charge is 0.267 e. The molecule has 16 heavy (non-hydrogen) atoms. The quantitative estimate of drug-likeness (QED) is 0.918. The van der Waals surface area contributed by atoms with Crippen LogP contribution in [0.15, 0.2) is 45.9 Å². The number of aromatic nitrogens is 2. The molecule has 1 aromatic heterocycles. The molecule has 1 N–H and O–H groups in total. The third-order valence-corrected chi connectivity index (χ3v) is 2.95. The highest BCUT2D eigenvalue weighted by Gasteiger charge is 2.11. The zero-order valence-electron chi connectivity index (χ0n) is 8.64. The Bertz CT molecular complexity index is 538. The monoisotopic (exact) mass is 279 g/mol. The Morgan fingerprint density at radius 1 is 1.31 bits per heavy atom. The number of H-pyrrole nitrogens is 1. The maximum Gasteiger partial charge on any atom is 0.267 e. The van der Waals surface area contributed by atoms with Crippen LogP contribution < -0.4 is 10.5 Å². The van der Waals surface area contributed by atoms with Crippen molar-refractivity contribution in [1.29, 1.82) is 0 Å². The minimum Gasteiger partial charge on any atom is -0.328 e. The number of halogens is 1. The maximum absolute atomic E-state index is 11.4. The topological polar surface area (TPSA) is 49.0 Å². The van der Waals surface area contributed by atoms with Gasteiger partial charge in [0.2, 0.25) is 0 Å². The lowest BCUT2D eigenvalue weighted by molar-refractivity contribution is 1.04. The van der Waals surface area contributed by atoms with Gasteiger partial charge in [0, 0.05) is 12.7 Å². The summed E-state index contributed by atoms with van der Waals surface area (Å²) in [6.45, 7) is 0. The molecule has 0 fully saturated rings. The summed E-state index contributed by atoms with van der Waals surface area (Å²) in [5.74, 6) is 0.593. The molecule has 0 bridgehead atoms. The molecule has 0 aliphatic heterocycles. The van der Waals surface area contributed by atoms with Crippen molar-refractivity contribution in [3.05, 3.63) is 51.5 Å². The zero-order chi connectivity index (χ0) is 11.5. The number of hydrogen-bond donors (Lipinski definition) is 1. The highest BCUT2D eigenvalue weighted by molar-refractivity contribution is 9.10. The summed E-state index contributed by atoms with van der Waals surface area (Å²) in [7, 11) is 1.86. The van der Waals surface area contributed by atoms with Crippen molar-refractivity contribution in [2.75, 3.05) is 11.9 Å². The Labute approximate surface area is 101 Å². The first-order chi connectivity index (χ1) is 7.70. The number of benzene rings is 1. The van der Waals surface area contributed by atoms with Gasteiger partial charge >= 0.3 is 0 Å². The molecule has 1 aromatic carbocycles. The molecule has 2 aromatic rings. The van der Waals surface area contributed by atoms with Gasteiger partial charge < -0.3 is 9.88 Å². The molecule has 0 amide bonds. The molecule has 0 aliphatic rings. The van der Waals surface area contributed by atoms with Crippen molar-refractivity contribution < 1.29 is 0 Å². The van der Waals surface area contributed by atoms with Crippen LogP contribution in [0.5, 0.6) is 0 Å². The molecule has 0 saturated heterocycles. The summed E-state index contributed by atoms with van der Waals surface area (Å²) < 4.78 is 0.432. The van der Waals surface area contributed by atoms with E-state index in [1.165, 1.54) is 6.33 Å². The van der Waals surface area contributed by atoms with Crippen LogP contribution in [-0.4, -0.2) is 17.0 Å². The summed E-state index contributed by atoms with van der Waals surface area (Å²) in [6, 6.07) is 9.72. The van der Waals surface area contributed by atoms with Gasteiger partial charge in [0.1, 0.15) is 4.47 Å². The third-order valence-electron chi connectivity index (χ3n) is 2.24.